The molecule has 6 heteroatoms. The first-order chi connectivity index (χ1) is 8.04. The van der Waals surface area contributed by atoms with E-state index in [1.165, 1.54) is 7.11 Å². The van der Waals surface area contributed by atoms with Gasteiger partial charge in [0.2, 0.25) is 0 Å². The van der Waals surface area contributed by atoms with Gasteiger partial charge in [-0.15, -0.1) is 0 Å². The van der Waals surface area contributed by atoms with E-state index in [4.69, 9.17) is 24.1 Å². The van der Waals surface area contributed by atoms with Crippen LogP contribution in [0.1, 0.15) is 12.5 Å². The third-order valence-corrected chi connectivity index (χ3v) is 3.78. The number of halogens is 2. The quantitative estimate of drug-likeness (QED) is 0.609. The second kappa shape index (κ2) is 7.10. The fourth-order valence-corrected chi connectivity index (χ4v) is 2.97. The first kappa shape index (κ1) is 14.6. The molecule has 0 N–H and O–H groups in total. The zero-order valence-electron chi connectivity index (χ0n) is 9.30. The van der Waals surface area contributed by atoms with Crippen LogP contribution in [0.25, 0.3) is 0 Å². The maximum absolute atomic E-state index is 11.2. The Labute approximate surface area is 113 Å². The van der Waals surface area contributed by atoms with Gasteiger partial charge >= 0.3 is 113 Å². The van der Waals surface area contributed by atoms with Gasteiger partial charge in [-0.2, -0.15) is 0 Å². The third kappa shape index (κ3) is 4.75. The van der Waals surface area contributed by atoms with E-state index >= 15 is 0 Å². The molecule has 0 saturated heterocycles. The first-order valence-corrected chi connectivity index (χ1v) is 10.2. The standard InChI is InChI=1S/C11H12O3.2ClH.Ru/c1-8-6-4-5-7-10(8)14-9(2)11(12)13-3;;;/h1,4-7,9H,2-3H3;2*1H;/q;;;+2/p-2. The summed E-state index contributed by atoms with van der Waals surface area (Å²) < 4.78 is 11.9. The van der Waals surface area contributed by atoms with Crippen LogP contribution < -0.4 is 4.74 Å². The van der Waals surface area contributed by atoms with Gasteiger partial charge in [0.15, 0.2) is 0 Å². The van der Waals surface area contributed by atoms with E-state index in [1.807, 2.05) is 18.2 Å². The van der Waals surface area contributed by atoms with Crippen LogP contribution in [-0.2, 0) is 23.0 Å². The molecule has 0 aliphatic heterocycles. The molecule has 1 aromatic rings. The molecule has 0 amide bonds. The number of ether oxygens (including phenoxy) is 2. The van der Waals surface area contributed by atoms with E-state index in [0.29, 0.717) is 5.75 Å². The molecule has 0 aliphatic carbocycles. The molecule has 0 bridgehead atoms. The Kier molecular flexibility index (Phi) is 6.11. The van der Waals surface area contributed by atoms with Gasteiger partial charge in [-0.1, -0.05) is 0 Å². The number of benzene rings is 1. The second-order valence-corrected chi connectivity index (χ2v) is 8.85. The van der Waals surface area contributed by atoms with Gasteiger partial charge in [0.1, 0.15) is 0 Å². The fourth-order valence-electron chi connectivity index (χ4n) is 1.16. The summed E-state index contributed by atoms with van der Waals surface area (Å²) in [6.07, 6.45) is -0.666. The molecule has 96 valence electrons. The molecule has 0 aliphatic rings. The van der Waals surface area contributed by atoms with Crippen LogP contribution in [0, 0.1) is 0 Å². The van der Waals surface area contributed by atoms with Gasteiger partial charge in [0, 0.05) is 0 Å². The summed E-state index contributed by atoms with van der Waals surface area (Å²) in [4.78, 5) is 11.2. The summed E-state index contributed by atoms with van der Waals surface area (Å²) in [5.74, 6) is 0.149. The van der Waals surface area contributed by atoms with Crippen molar-refractivity contribution in [3.63, 3.8) is 0 Å². The van der Waals surface area contributed by atoms with Gasteiger partial charge in [0.25, 0.3) is 0 Å². The molecule has 1 atom stereocenters. The van der Waals surface area contributed by atoms with Gasteiger partial charge < -0.3 is 0 Å². The molecule has 1 aromatic carbocycles. The summed E-state index contributed by atoms with van der Waals surface area (Å²) in [6.45, 7) is 1.62. The predicted octanol–water partition coefficient (Wildman–Crippen LogP) is 2.70. The Balaban J connectivity index is 2.91. The molecule has 0 heterocycles. The number of rotatable bonds is 4. The fraction of sp³-hybridized carbons (Fsp3) is 0.273. The van der Waals surface area contributed by atoms with Crippen molar-refractivity contribution < 1.29 is 27.8 Å². The number of carbonyl (C=O) groups excluding carboxylic acids is 1. The summed E-state index contributed by atoms with van der Waals surface area (Å²) in [5, 5.41) is 0. The average molecular weight is 364 g/mol. The Morgan fingerprint density at radius 1 is 1.41 bits per heavy atom. The molecule has 17 heavy (non-hydrogen) atoms. The van der Waals surface area contributed by atoms with Crippen molar-refractivity contribution in [2.75, 3.05) is 7.11 Å². The average Bonchev–Trinajstić information content (AvgIpc) is 2.29. The molecule has 1 unspecified atom stereocenters. The minimum absolute atomic E-state index is 0.425. The summed E-state index contributed by atoms with van der Waals surface area (Å²) in [5.41, 5.74) is 0.798. The molecule has 0 saturated carbocycles. The number of methoxy groups -OCH3 is 1. The van der Waals surface area contributed by atoms with Crippen molar-refractivity contribution in [2.24, 2.45) is 0 Å². The number of para-hydroxylation sites is 1. The Morgan fingerprint density at radius 2 is 2.06 bits per heavy atom. The molecule has 0 spiro atoms. The SMILES string of the molecule is COC(=O)C(C)Oc1ccccc1[CH]=[Ru]([Cl])[Cl]. The first-order valence-electron chi connectivity index (χ1n) is 4.71. The van der Waals surface area contributed by atoms with Crippen LogP contribution in [0.3, 0.4) is 0 Å². The van der Waals surface area contributed by atoms with Gasteiger partial charge in [-0.25, -0.2) is 0 Å². The van der Waals surface area contributed by atoms with E-state index in [1.54, 1.807) is 17.6 Å². The van der Waals surface area contributed by atoms with Crippen LogP contribution in [0.2, 0.25) is 0 Å². The van der Waals surface area contributed by atoms with Crippen LogP contribution in [0.5, 0.6) is 5.75 Å². The number of hydrogen-bond acceptors (Lipinski definition) is 3. The molecular weight excluding hydrogens is 352 g/mol. The van der Waals surface area contributed by atoms with Crippen molar-refractivity contribution in [2.45, 2.75) is 13.0 Å². The van der Waals surface area contributed by atoms with Crippen molar-refractivity contribution in [1.82, 2.24) is 0 Å². The minimum atomic E-state index is -1.92. The number of carbonyl (C=O) groups is 1. The Morgan fingerprint density at radius 3 is 2.65 bits per heavy atom. The summed E-state index contributed by atoms with van der Waals surface area (Å²) in [7, 11) is 13.0. The van der Waals surface area contributed by atoms with E-state index in [-0.39, 0.29) is 0 Å². The van der Waals surface area contributed by atoms with Gasteiger partial charge in [-0.3, -0.25) is 0 Å². The third-order valence-electron chi connectivity index (χ3n) is 1.94. The summed E-state index contributed by atoms with van der Waals surface area (Å²) >= 11 is -1.92. The molecule has 0 aromatic heterocycles. The van der Waals surface area contributed by atoms with Crippen molar-refractivity contribution in [3.05, 3.63) is 29.8 Å². The molecule has 0 fully saturated rings. The normalized spacial score (nSPS) is 12.6. The zero-order valence-corrected chi connectivity index (χ0v) is 12.5. The van der Waals surface area contributed by atoms with Crippen molar-refractivity contribution in [1.29, 1.82) is 0 Å². The van der Waals surface area contributed by atoms with Crippen LogP contribution in [-0.4, -0.2) is 23.8 Å². The van der Waals surface area contributed by atoms with Crippen LogP contribution >= 0.6 is 19.4 Å². The van der Waals surface area contributed by atoms with Gasteiger partial charge in [-0.05, 0) is 0 Å². The zero-order chi connectivity index (χ0) is 12.8. The van der Waals surface area contributed by atoms with Crippen LogP contribution in [0.4, 0.5) is 0 Å². The van der Waals surface area contributed by atoms with E-state index in [2.05, 4.69) is 4.74 Å². The Bertz CT molecular complexity index is 430. The van der Waals surface area contributed by atoms with E-state index < -0.39 is 25.6 Å². The molecule has 0 radical (unpaired) electrons. The maximum atomic E-state index is 11.2. The monoisotopic (exact) mass is 364 g/mol. The second-order valence-electron chi connectivity index (χ2n) is 3.13. The van der Waals surface area contributed by atoms with Crippen molar-refractivity contribution in [3.8, 4) is 5.75 Å². The summed E-state index contributed by atoms with van der Waals surface area (Å²) in [6, 6.07) is 7.27. The topological polar surface area (TPSA) is 35.5 Å². The van der Waals surface area contributed by atoms with Gasteiger partial charge in [0.05, 0.1) is 0 Å². The molecule has 1 rings (SSSR count). The predicted molar refractivity (Wildman–Crippen MR) is 65.4 cm³/mol. The number of hydrogen-bond donors (Lipinski definition) is 0. The van der Waals surface area contributed by atoms with Crippen molar-refractivity contribution >= 4 is 30.0 Å². The number of esters is 1. The van der Waals surface area contributed by atoms with Crippen LogP contribution in [0.15, 0.2) is 24.3 Å². The van der Waals surface area contributed by atoms with E-state index in [9.17, 15) is 4.79 Å². The Hall–Kier alpha value is -0.437. The van der Waals surface area contributed by atoms with E-state index in [0.717, 1.165) is 5.56 Å². The molecule has 3 nitrogen and oxygen atoms in total. The molecular formula is C11H12Cl2O3Ru.